The number of benzene rings is 1. The number of aryl methyl sites for hydroxylation is 3. The van der Waals surface area contributed by atoms with E-state index in [0.29, 0.717) is 6.54 Å². The number of aromatic nitrogens is 2. The van der Waals surface area contributed by atoms with Gasteiger partial charge in [0.15, 0.2) is 0 Å². The van der Waals surface area contributed by atoms with E-state index in [0.717, 1.165) is 30.0 Å². The molecule has 0 radical (unpaired) electrons. The maximum Gasteiger partial charge on any atom is 0.135 e. The summed E-state index contributed by atoms with van der Waals surface area (Å²) in [5.41, 5.74) is 10.8. The fourth-order valence-corrected chi connectivity index (χ4v) is 3.02. The first-order valence-electron chi connectivity index (χ1n) is 6.80. The lowest BCUT2D eigenvalue weighted by Gasteiger charge is -2.31. The van der Waals surface area contributed by atoms with E-state index in [9.17, 15) is 0 Å². The zero-order valence-corrected chi connectivity index (χ0v) is 11.6. The summed E-state index contributed by atoms with van der Waals surface area (Å²) in [4.78, 5) is 2.36. The summed E-state index contributed by atoms with van der Waals surface area (Å²) < 4.78 is 1.96. The van der Waals surface area contributed by atoms with Gasteiger partial charge in [-0.3, -0.25) is 4.68 Å². The van der Waals surface area contributed by atoms with Crippen LogP contribution in [0.15, 0.2) is 24.3 Å². The lowest BCUT2D eigenvalue weighted by atomic mass is 10.0. The first-order valence-corrected chi connectivity index (χ1v) is 6.80. The Bertz CT molecular complexity index is 600. The van der Waals surface area contributed by atoms with Crippen molar-refractivity contribution in [1.29, 1.82) is 0 Å². The fraction of sp³-hybridized carbons (Fsp3) is 0.400. The Balaban J connectivity index is 2.14. The lowest BCUT2D eigenvalue weighted by Crippen LogP contribution is -2.27. The number of hydrogen-bond acceptors (Lipinski definition) is 3. The van der Waals surface area contributed by atoms with Crippen molar-refractivity contribution in [2.45, 2.75) is 26.3 Å². The minimum atomic E-state index is 0.535. The van der Waals surface area contributed by atoms with Crippen LogP contribution in [0.1, 0.15) is 23.2 Å². The highest BCUT2D eigenvalue weighted by atomic mass is 15.4. The molecule has 0 amide bonds. The van der Waals surface area contributed by atoms with E-state index in [1.54, 1.807) is 0 Å². The van der Waals surface area contributed by atoms with Crippen LogP contribution in [0.3, 0.4) is 0 Å². The first-order chi connectivity index (χ1) is 9.22. The summed E-state index contributed by atoms with van der Waals surface area (Å²) in [6.07, 6.45) is 2.33. The van der Waals surface area contributed by atoms with Crippen LogP contribution in [-0.4, -0.2) is 16.3 Å². The van der Waals surface area contributed by atoms with E-state index < -0.39 is 0 Å². The van der Waals surface area contributed by atoms with Gasteiger partial charge in [-0.2, -0.15) is 5.10 Å². The molecule has 2 N–H and O–H groups in total. The van der Waals surface area contributed by atoms with Crippen LogP contribution in [0.5, 0.6) is 0 Å². The van der Waals surface area contributed by atoms with Crippen LogP contribution in [0.4, 0.5) is 11.5 Å². The molecule has 1 aromatic heterocycles. The number of fused-ring (bicyclic) bond motifs is 1. The molecule has 0 atom stereocenters. The average molecular weight is 256 g/mol. The number of rotatable bonds is 2. The van der Waals surface area contributed by atoms with Gasteiger partial charge in [0.25, 0.3) is 0 Å². The van der Waals surface area contributed by atoms with Crippen molar-refractivity contribution in [1.82, 2.24) is 9.78 Å². The quantitative estimate of drug-likeness (QED) is 0.896. The van der Waals surface area contributed by atoms with Gasteiger partial charge in [-0.15, -0.1) is 0 Å². The maximum absolute atomic E-state index is 5.91. The standard InChI is InChI=1S/C15H20N4/c1-11-13(10-16)15(18(2)17-11)19-9-5-7-12-6-3-4-8-14(12)19/h3-4,6,8H,5,7,9-10,16H2,1-2H3. The number of anilines is 2. The molecule has 2 heterocycles. The zero-order chi connectivity index (χ0) is 13.4. The normalized spacial score (nSPS) is 14.6. The third kappa shape index (κ3) is 1.92. The number of nitrogens with two attached hydrogens (primary N) is 1. The summed E-state index contributed by atoms with van der Waals surface area (Å²) in [7, 11) is 2.00. The molecule has 0 saturated heterocycles. The van der Waals surface area contributed by atoms with Gasteiger partial charge in [0.2, 0.25) is 0 Å². The van der Waals surface area contributed by atoms with Crippen molar-refractivity contribution in [3.05, 3.63) is 41.1 Å². The highest BCUT2D eigenvalue weighted by Crippen LogP contribution is 2.35. The minimum Gasteiger partial charge on any atom is -0.326 e. The molecule has 0 fully saturated rings. The van der Waals surface area contributed by atoms with Crippen molar-refractivity contribution in [2.75, 3.05) is 11.4 Å². The molecule has 0 spiro atoms. The van der Waals surface area contributed by atoms with Gasteiger partial charge < -0.3 is 10.6 Å². The summed E-state index contributed by atoms with van der Waals surface area (Å²) in [6, 6.07) is 8.62. The summed E-state index contributed by atoms with van der Waals surface area (Å²) in [5.74, 6) is 1.15. The van der Waals surface area contributed by atoms with Crippen molar-refractivity contribution in [3.63, 3.8) is 0 Å². The monoisotopic (exact) mass is 256 g/mol. The molecular weight excluding hydrogens is 236 g/mol. The van der Waals surface area contributed by atoms with E-state index in [-0.39, 0.29) is 0 Å². The predicted octanol–water partition coefficient (Wildman–Crippen LogP) is 2.27. The van der Waals surface area contributed by atoms with Crippen LogP contribution >= 0.6 is 0 Å². The fourth-order valence-electron chi connectivity index (χ4n) is 3.02. The SMILES string of the molecule is Cc1nn(C)c(N2CCCc3ccccc32)c1CN. The second-order valence-corrected chi connectivity index (χ2v) is 5.10. The van der Waals surface area contributed by atoms with Crippen LogP contribution in [0.25, 0.3) is 0 Å². The maximum atomic E-state index is 5.91. The molecule has 1 aliphatic heterocycles. The number of nitrogens with zero attached hydrogens (tertiary/aromatic N) is 3. The van der Waals surface area contributed by atoms with Gasteiger partial charge in [0.1, 0.15) is 5.82 Å². The first kappa shape index (κ1) is 12.2. The van der Waals surface area contributed by atoms with Crippen LogP contribution in [0.2, 0.25) is 0 Å². The molecule has 0 bridgehead atoms. The Morgan fingerprint density at radius 2 is 2.11 bits per heavy atom. The molecule has 2 aromatic rings. The van der Waals surface area contributed by atoms with Crippen molar-refractivity contribution in [2.24, 2.45) is 12.8 Å². The van der Waals surface area contributed by atoms with Crippen molar-refractivity contribution in [3.8, 4) is 0 Å². The summed E-state index contributed by atoms with van der Waals surface area (Å²) in [6.45, 7) is 3.60. The van der Waals surface area contributed by atoms with Crippen molar-refractivity contribution < 1.29 is 0 Å². The molecule has 4 nitrogen and oxygen atoms in total. The third-order valence-electron chi connectivity index (χ3n) is 3.88. The zero-order valence-electron chi connectivity index (χ0n) is 11.6. The third-order valence-corrected chi connectivity index (χ3v) is 3.88. The highest BCUT2D eigenvalue weighted by Gasteiger charge is 2.23. The summed E-state index contributed by atoms with van der Waals surface area (Å²) in [5, 5.41) is 4.52. The average Bonchev–Trinajstić information content (AvgIpc) is 2.72. The molecule has 4 heteroatoms. The molecule has 3 rings (SSSR count). The van der Waals surface area contributed by atoms with Crippen molar-refractivity contribution >= 4 is 11.5 Å². The van der Waals surface area contributed by atoms with Crippen LogP contribution in [-0.2, 0) is 20.0 Å². The number of para-hydroxylation sites is 1. The predicted molar refractivity (Wildman–Crippen MR) is 77.6 cm³/mol. The smallest absolute Gasteiger partial charge is 0.135 e. The van der Waals surface area contributed by atoms with Gasteiger partial charge in [0.05, 0.1) is 5.69 Å². The Morgan fingerprint density at radius 1 is 1.32 bits per heavy atom. The Hall–Kier alpha value is -1.81. The summed E-state index contributed by atoms with van der Waals surface area (Å²) >= 11 is 0. The van der Waals surface area contributed by atoms with Gasteiger partial charge in [-0.05, 0) is 31.4 Å². The van der Waals surface area contributed by atoms with E-state index in [2.05, 4.69) is 34.3 Å². The molecule has 0 aliphatic carbocycles. The highest BCUT2D eigenvalue weighted by molar-refractivity contribution is 5.68. The van der Waals surface area contributed by atoms with Crippen LogP contribution < -0.4 is 10.6 Å². The molecule has 1 aliphatic rings. The molecular formula is C15H20N4. The minimum absolute atomic E-state index is 0.535. The molecule has 1 aromatic carbocycles. The van der Waals surface area contributed by atoms with E-state index in [4.69, 9.17) is 5.73 Å². The van der Waals surface area contributed by atoms with Gasteiger partial charge in [-0.1, -0.05) is 18.2 Å². The second-order valence-electron chi connectivity index (χ2n) is 5.10. The van der Waals surface area contributed by atoms with E-state index in [1.807, 2.05) is 18.7 Å². The Kier molecular flexibility index (Phi) is 3.03. The lowest BCUT2D eigenvalue weighted by molar-refractivity contribution is 0.702. The Morgan fingerprint density at radius 3 is 2.89 bits per heavy atom. The molecule has 19 heavy (non-hydrogen) atoms. The molecule has 100 valence electrons. The largest absolute Gasteiger partial charge is 0.326 e. The van der Waals surface area contributed by atoms with E-state index >= 15 is 0 Å². The number of hydrogen-bond donors (Lipinski definition) is 1. The molecule has 0 saturated carbocycles. The molecule has 0 unspecified atom stereocenters. The Labute approximate surface area is 113 Å². The van der Waals surface area contributed by atoms with Gasteiger partial charge in [-0.25, -0.2) is 0 Å². The van der Waals surface area contributed by atoms with Gasteiger partial charge in [0, 0.05) is 31.4 Å². The van der Waals surface area contributed by atoms with Gasteiger partial charge >= 0.3 is 0 Å². The van der Waals surface area contributed by atoms with Crippen LogP contribution in [0, 0.1) is 6.92 Å². The van der Waals surface area contributed by atoms with E-state index in [1.165, 1.54) is 17.7 Å². The topological polar surface area (TPSA) is 47.1 Å². The second kappa shape index (κ2) is 4.70.